The molecule has 1 fully saturated rings. The van der Waals surface area contributed by atoms with Crippen LogP contribution in [-0.2, 0) is 9.59 Å². The summed E-state index contributed by atoms with van der Waals surface area (Å²) in [7, 11) is 0. The number of carboxylic acid groups (broad SMARTS) is 1. The quantitative estimate of drug-likeness (QED) is 0.832. The van der Waals surface area contributed by atoms with E-state index in [4.69, 9.17) is 9.47 Å². The van der Waals surface area contributed by atoms with Gasteiger partial charge in [-0.2, -0.15) is 0 Å². The molecule has 3 aliphatic rings. The minimum atomic E-state index is -0.899. The van der Waals surface area contributed by atoms with Crippen molar-refractivity contribution in [1.82, 2.24) is 0 Å². The lowest BCUT2D eigenvalue weighted by atomic mass is 9.82. The second-order valence-electron chi connectivity index (χ2n) is 6.19. The summed E-state index contributed by atoms with van der Waals surface area (Å²) < 4.78 is 10.9. The standard InChI is InChI=1S/C17H17NO5/c19-16(14-9-1-2-10(7-9)15(14)17(20)21)18-11-3-4-12-13(8-11)23-6-5-22-12/h1-4,8-10,14-15H,5-7H2,(H,18,19)(H,20,21)/t9-,10-,14+,15+/m0/s1. The molecule has 2 N–H and O–H groups in total. The van der Waals surface area contributed by atoms with Crippen LogP contribution in [0.4, 0.5) is 5.69 Å². The number of hydrogen-bond donors (Lipinski definition) is 2. The summed E-state index contributed by atoms with van der Waals surface area (Å²) >= 11 is 0. The number of hydrogen-bond acceptors (Lipinski definition) is 4. The lowest BCUT2D eigenvalue weighted by Crippen LogP contribution is -2.36. The number of rotatable bonds is 3. The van der Waals surface area contributed by atoms with Crippen molar-refractivity contribution in [2.45, 2.75) is 6.42 Å². The van der Waals surface area contributed by atoms with Gasteiger partial charge < -0.3 is 19.9 Å². The molecule has 1 saturated carbocycles. The first-order valence-electron chi connectivity index (χ1n) is 7.75. The smallest absolute Gasteiger partial charge is 0.307 e. The van der Waals surface area contributed by atoms with Gasteiger partial charge in [0, 0.05) is 11.8 Å². The average molecular weight is 315 g/mol. The first-order chi connectivity index (χ1) is 11.1. The van der Waals surface area contributed by atoms with Crippen LogP contribution in [0.25, 0.3) is 0 Å². The van der Waals surface area contributed by atoms with E-state index in [-0.39, 0.29) is 17.7 Å². The number of allylic oxidation sites excluding steroid dienone is 2. The van der Waals surface area contributed by atoms with Crippen LogP contribution in [-0.4, -0.2) is 30.2 Å². The SMILES string of the molecule is O=C(O)[C@H]1[C@H](C(=O)Nc2ccc3c(c2)OCCO3)[C@H]2C=C[C@H]1C2. The molecule has 4 rings (SSSR count). The third-order valence-electron chi connectivity index (χ3n) is 4.86. The number of carbonyl (C=O) groups is 2. The van der Waals surface area contributed by atoms with Crippen molar-refractivity contribution in [3.8, 4) is 11.5 Å². The topological polar surface area (TPSA) is 84.9 Å². The van der Waals surface area contributed by atoms with Crippen molar-refractivity contribution < 1.29 is 24.2 Å². The summed E-state index contributed by atoms with van der Waals surface area (Å²) in [5.41, 5.74) is 0.593. The molecule has 2 aliphatic carbocycles. The van der Waals surface area contributed by atoms with Crippen molar-refractivity contribution in [3.05, 3.63) is 30.4 Å². The van der Waals surface area contributed by atoms with Gasteiger partial charge in [0.2, 0.25) is 5.91 Å². The number of anilines is 1. The molecule has 6 heteroatoms. The lowest BCUT2D eigenvalue weighted by molar-refractivity contribution is -0.146. The van der Waals surface area contributed by atoms with Crippen molar-refractivity contribution in [3.63, 3.8) is 0 Å². The first kappa shape index (κ1) is 14.1. The highest BCUT2D eigenvalue weighted by Gasteiger charge is 2.51. The zero-order chi connectivity index (χ0) is 16.0. The molecule has 0 radical (unpaired) electrons. The maximum absolute atomic E-state index is 12.6. The van der Waals surface area contributed by atoms with E-state index < -0.39 is 17.8 Å². The van der Waals surface area contributed by atoms with Crippen molar-refractivity contribution in [2.75, 3.05) is 18.5 Å². The molecule has 120 valence electrons. The largest absolute Gasteiger partial charge is 0.486 e. The number of fused-ring (bicyclic) bond motifs is 3. The number of carboxylic acids is 1. The molecule has 6 nitrogen and oxygen atoms in total. The van der Waals surface area contributed by atoms with Crippen molar-refractivity contribution in [2.24, 2.45) is 23.7 Å². The summed E-state index contributed by atoms with van der Waals surface area (Å²) in [6.07, 6.45) is 4.64. The van der Waals surface area contributed by atoms with Crippen molar-refractivity contribution >= 4 is 17.6 Å². The molecule has 1 heterocycles. The van der Waals surface area contributed by atoms with Gasteiger partial charge in [-0.25, -0.2) is 0 Å². The summed E-state index contributed by atoms with van der Waals surface area (Å²) in [6, 6.07) is 5.20. The Hall–Kier alpha value is -2.50. The highest BCUT2D eigenvalue weighted by molar-refractivity contribution is 5.96. The number of ether oxygens (including phenoxy) is 2. The summed E-state index contributed by atoms with van der Waals surface area (Å²) in [5.74, 6) is -1.07. The molecular weight excluding hydrogens is 298 g/mol. The van der Waals surface area contributed by atoms with Crippen LogP contribution >= 0.6 is 0 Å². The van der Waals surface area contributed by atoms with Crippen LogP contribution in [0.15, 0.2) is 30.4 Å². The molecule has 4 atom stereocenters. The molecule has 1 amide bonds. The fourth-order valence-electron chi connectivity index (χ4n) is 3.86. The molecule has 2 bridgehead atoms. The second-order valence-corrected chi connectivity index (χ2v) is 6.19. The average Bonchev–Trinajstić information content (AvgIpc) is 3.15. The van der Waals surface area contributed by atoms with E-state index in [2.05, 4.69) is 5.32 Å². The van der Waals surface area contributed by atoms with Gasteiger partial charge in [0.05, 0.1) is 11.8 Å². The van der Waals surface area contributed by atoms with Crippen LogP contribution in [0.2, 0.25) is 0 Å². The zero-order valence-electron chi connectivity index (χ0n) is 12.4. The molecule has 0 spiro atoms. The monoisotopic (exact) mass is 315 g/mol. The highest BCUT2D eigenvalue weighted by Crippen LogP contribution is 2.48. The van der Waals surface area contributed by atoms with Gasteiger partial charge in [0.1, 0.15) is 13.2 Å². The zero-order valence-corrected chi connectivity index (χ0v) is 12.4. The van der Waals surface area contributed by atoms with Gasteiger partial charge in [-0.15, -0.1) is 0 Å². The molecule has 23 heavy (non-hydrogen) atoms. The van der Waals surface area contributed by atoms with E-state index in [9.17, 15) is 14.7 Å². The summed E-state index contributed by atoms with van der Waals surface area (Å²) in [4.78, 5) is 24.1. The van der Waals surface area contributed by atoms with Gasteiger partial charge in [-0.3, -0.25) is 9.59 Å². The molecule has 0 unspecified atom stereocenters. The molecular formula is C17H17NO5. The summed E-state index contributed by atoms with van der Waals surface area (Å²) in [5, 5.41) is 12.3. The van der Waals surface area contributed by atoms with E-state index in [1.807, 2.05) is 12.2 Å². The maximum Gasteiger partial charge on any atom is 0.307 e. The number of amides is 1. The lowest BCUT2D eigenvalue weighted by Gasteiger charge is -2.24. The third kappa shape index (κ3) is 2.34. The van der Waals surface area contributed by atoms with E-state index in [1.165, 1.54) is 0 Å². The Kier molecular flexibility index (Phi) is 3.25. The predicted molar refractivity (Wildman–Crippen MR) is 81.4 cm³/mol. The van der Waals surface area contributed by atoms with E-state index in [0.29, 0.717) is 30.4 Å². The van der Waals surface area contributed by atoms with Crippen LogP contribution in [0.1, 0.15) is 6.42 Å². The number of carbonyl (C=O) groups excluding carboxylic acids is 1. The van der Waals surface area contributed by atoms with Gasteiger partial charge in [-0.05, 0) is 30.4 Å². The Bertz CT molecular complexity index is 698. The second kappa shape index (κ2) is 5.30. The van der Waals surface area contributed by atoms with Crippen LogP contribution < -0.4 is 14.8 Å². The number of nitrogens with one attached hydrogen (secondary N) is 1. The molecule has 1 aliphatic heterocycles. The van der Waals surface area contributed by atoms with Crippen LogP contribution in [0, 0.1) is 23.7 Å². The van der Waals surface area contributed by atoms with Gasteiger partial charge in [0.25, 0.3) is 0 Å². The maximum atomic E-state index is 12.6. The van der Waals surface area contributed by atoms with Crippen molar-refractivity contribution in [1.29, 1.82) is 0 Å². The minimum Gasteiger partial charge on any atom is -0.486 e. The first-order valence-corrected chi connectivity index (χ1v) is 7.75. The number of benzene rings is 1. The van der Waals surface area contributed by atoms with Crippen LogP contribution in [0.3, 0.4) is 0 Å². The predicted octanol–water partition coefficient (Wildman–Crippen LogP) is 1.92. The minimum absolute atomic E-state index is 0.0123. The fraction of sp³-hybridized carbons (Fsp3) is 0.412. The molecule has 1 aromatic carbocycles. The summed E-state index contributed by atoms with van der Waals surface area (Å²) in [6.45, 7) is 0.985. The Labute approximate surface area is 133 Å². The molecule has 1 aromatic rings. The Morgan fingerprint density at radius 1 is 1.04 bits per heavy atom. The molecule has 0 saturated heterocycles. The number of aliphatic carboxylic acids is 1. The fourth-order valence-corrected chi connectivity index (χ4v) is 3.86. The Morgan fingerprint density at radius 3 is 2.48 bits per heavy atom. The van der Waals surface area contributed by atoms with E-state index in [0.717, 1.165) is 6.42 Å². The van der Waals surface area contributed by atoms with Crippen LogP contribution in [0.5, 0.6) is 11.5 Å². The highest BCUT2D eigenvalue weighted by atomic mass is 16.6. The van der Waals surface area contributed by atoms with Gasteiger partial charge in [-0.1, -0.05) is 12.2 Å². The molecule has 0 aromatic heterocycles. The van der Waals surface area contributed by atoms with Gasteiger partial charge >= 0.3 is 5.97 Å². The Morgan fingerprint density at radius 2 is 1.74 bits per heavy atom. The third-order valence-corrected chi connectivity index (χ3v) is 4.86. The Balaban J connectivity index is 1.54. The van der Waals surface area contributed by atoms with E-state index in [1.54, 1.807) is 18.2 Å². The van der Waals surface area contributed by atoms with Gasteiger partial charge in [0.15, 0.2) is 11.5 Å². The van der Waals surface area contributed by atoms with E-state index >= 15 is 0 Å². The normalized spacial score (nSPS) is 30.3.